The Labute approximate surface area is 186 Å². The molecule has 1 N–H and O–H groups in total. The van der Waals surface area contributed by atoms with Crippen LogP contribution in [0.15, 0.2) is 51.0 Å². The fraction of sp³-hybridized carbons (Fsp3) is 0.190. The van der Waals surface area contributed by atoms with Crippen LogP contribution in [0, 0.1) is 0 Å². The molecule has 8 nitrogen and oxygen atoms in total. The predicted octanol–water partition coefficient (Wildman–Crippen LogP) is 4.42. The van der Waals surface area contributed by atoms with Crippen molar-refractivity contribution in [3.8, 4) is 22.8 Å². The van der Waals surface area contributed by atoms with Crippen molar-refractivity contribution < 1.29 is 18.7 Å². The van der Waals surface area contributed by atoms with Gasteiger partial charge < -0.3 is 19.2 Å². The van der Waals surface area contributed by atoms with Crippen LogP contribution in [0.5, 0.6) is 11.5 Å². The molecule has 0 fully saturated rings. The summed E-state index contributed by atoms with van der Waals surface area (Å²) in [6, 6.07) is 10.4. The van der Waals surface area contributed by atoms with Crippen molar-refractivity contribution in [1.82, 2.24) is 9.55 Å². The van der Waals surface area contributed by atoms with E-state index in [9.17, 15) is 9.59 Å². The van der Waals surface area contributed by atoms with Crippen LogP contribution in [0.3, 0.4) is 0 Å². The number of anilines is 1. The highest BCUT2D eigenvalue weighted by atomic mass is 35.5. The van der Waals surface area contributed by atoms with E-state index < -0.39 is 5.76 Å². The molecule has 4 aromatic rings. The molecule has 4 rings (SSSR count). The minimum absolute atomic E-state index is 0.0858. The number of carbonyl (C=O) groups excluding carboxylic acids is 1. The molecule has 0 bridgehead atoms. The maximum Gasteiger partial charge on any atom is 0.419 e. The summed E-state index contributed by atoms with van der Waals surface area (Å²) in [6.45, 7) is 0.174. The number of oxazole rings is 1. The second-order valence-electron chi connectivity index (χ2n) is 6.54. The topological polar surface area (TPSA) is 95.6 Å². The molecule has 10 heteroatoms. The Hall–Kier alpha value is -3.30. The maximum atomic E-state index is 12.4. The molecule has 0 spiro atoms. The Kier molecular flexibility index (Phi) is 5.97. The highest BCUT2D eigenvalue weighted by Gasteiger charge is 2.14. The van der Waals surface area contributed by atoms with Crippen LogP contribution in [0.25, 0.3) is 22.4 Å². The normalized spacial score (nSPS) is 10.9. The number of thiazole rings is 1. The Balaban J connectivity index is 1.43. The summed E-state index contributed by atoms with van der Waals surface area (Å²) in [4.78, 5) is 28.9. The lowest BCUT2D eigenvalue weighted by Crippen LogP contribution is -2.19. The number of halogens is 1. The van der Waals surface area contributed by atoms with Gasteiger partial charge in [-0.05, 0) is 30.3 Å². The summed E-state index contributed by atoms with van der Waals surface area (Å²) in [7, 11) is 3.14. The summed E-state index contributed by atoms with van der Waals surface area (Å²) < 4.78 is 17.2. The molecule has 160 valence electrons. The van der Waals surface area contributed by atoms with Gasteiger partial charge in [0, 0.05) is 35.0 Å². The number of nitrogens with zero attached hydrogens (tertiary/aromatic N) is 2. The van der Waals surface area contributed by atoms with Crippen LogP contribution >= 0.6 is 22.9 Å². The van der Waals surface area contributed by atoms with Crippen molar-refractivity contribution in [2.24, 2.45) is 0 Å². The number of aryl methyl sites for hydroxylation is 1. The molecule has 0 saturated heterocycles. The third kappa shape index (κ3) is 4.42. The van der Waals surface area contributed by atoms with Gasteiger partial charge in [0.2, 0.25) is 5.91 Å². The number of carbonyl (C=O) groups is 1. The lowest BCUT2D eigenvalue weighted by atomic mass is 10.1. The van der Waals surface area contributed by atoms with E-state index in [0.717, 1.165) is 5.56 Å². The van der Waals surface area contributed by atoms with Crippen LogP contribution < -0.4 is 20.5 Å². The summed E-state index contributed by atoms with van der Waals surface area (Å²) in [5, 5.41) is 5.55. The van der Waals surface area contributed by atoms with Crippen LogP contribution in [0.2, 0.25) is 5.02 Å². The first-order chi connectivity index (χ1) is 15.0. The molecule has 2 aromatic heterocycles. The largest absolute Gasteiger partial charge is 0.493 e. The van der Waals surface area contributed by atoms with E-state index in [-0.39, 0.29) is 18.9 Å². The van der Waals surface area contributed by atoms with E-state index in [0.29, 0.717) is 38.4 Å². The van der Waals surface area contributed by atoms with Crippen molar-refractivity contribution >= 4 is 45.1 Å². The maximum absolute atomic E-state index is 12.4. The molecule has 0 radical (unpaired) electrons. The van der Waals surface area contributed by atoms with Gasteiger partial charge >= 0.3 is 5.76 Å². The van der Waals surface area contributed by atoms with E-state index in [1.807, 2.05) is 17.5 Å². The first-order valence-corrected chi connectivity index (χ1v) is 10.5. The third-order valence-corrected chi connectivity index (χ3v) is 5.62. The van der Waals surface area contributed by atoms with Crippen LogP contribution in [0.4, 0.5) is 5.13 Å². The molecule has 0 aliphatic rings. The Morgan fingerprint density at radius 3 is 2.77 bits per heavy atom. The zero-order chi connectivity index (χ0) is 22.0. The molecular formula is C21H18ClN3O5S. The van der Waals surface area contributed by atoms with Gasteiger partial charge in [-0.25, -0.2) is 9.78 Å². The van der Waals surface area contributed by atoms with E-state index >= 15 is 0 Å². The van der Waals surface area contributed by atoms with Crippen molar-refractivity contribution in [3.63, 3.8) is 0 Å². The van der Waals surface area contributed by atoms with Gasteiger partial charge in [0.1, 0.15) is 0 Å². The Morgan fingerprint density at radius 2 is 2.00 bits per heavy atom. The lowest BCUT2D eigenvalue weighted by Gasteiger charge is -2.08. The number of fused-ring (bicyclic) bond motifs is 1. The van der Waals surface area contributed by atoms with Gasteiger partial charge in [0.25, 0.3) is 0 Å². The zero-order valence-corrected chi connectivity index (χ0v) is 18.2. The lowest BCUT2D eigenvalue weighted by molar-refractivity contribution is -0.116. The average Bonchev–Trinajstić information content (AvgIpc) is 3.34. The quantitative estimate of drug-likeness (QED) is 0.439. The number of aromatic nitrogens is 2. The molecule has 0 aliphatic carbocycles. The molecule has 0 saturated carbocycles. The fourth-order valence-electron chi connectivity index (χ4n) is 3.11. The number of rotatable bonds is 7. The van der Waals surface area contributed by atoms with Crippen molar-refractivity contribution in [3.05, 3.63) is 57.4 Å². The van der Waals surface area contributed by atoms with Gasteiger partial charge in [-0.1, -0.05) is 11.6 Å². The van der Waals surface area contributed by atoms with Gasteiger partial charge in [-0.2, -0.15) is 0 Å². The van der Waals surface area contributed by atoms with E-state index in [1.54, 1.807) is 38.5 Å². The molecule has 1 amide bonds. The highest BCUT2D eigenvalue weighted by molar-refractivity contribution is 7.14. The standard InChI is InChI=1S/C21H18ClN3O5S/c1-28-16-6-3-12(9-18(16)29-2)14-11-31-20(23-14)24-19(26)7-8-25-15-5-4-13(22)10-17(15)30-21(25)27/h3-6,9-11H,7-8H2,1-2H3,(H,23,24,26). The van der Waals surface area contributed by atoms with Crippen molar-refractivity contribution in [2.75, 3.05) is 19.5 Å². The number of benzene rings is 2. The number of methoxy groups -OCH3 is 2. The Morgan fingerprint density at radius 1 is 1.19 bits per heavy atom. The smallest absolute Gasteiger partial charge is 0.419 e. The monoisotopic (exact) mass is 459 g/mol. The Bertz CT molecular complexity index is 1310. The first-order valence-electron chi connectivity index (χ1n) is 9.25. The third-order valence-electron chi connectivity index (χ3n) is 4.62. The SMILES string of the molecule is COc1ccc(-c2csc(NC(=O)CCn3c(=O)oc4cc(Cl)ccc43)n2)cc1OC. The molecule has 2 aromatic carbocycles. The van der Waals surface area contributed by atoms with E-state index in [4.69, 9.17) is 25.5 Å². The molecule has 0 atom stereocenters. The van der Waals surface area contributed by atoms with E-state index in [1.165, 1.54) is 15.9 Å². The van der Waals surface area contributed by atoms with Crippen molar-refractivity contribution in [2.45, 2.75) is 13.0 Å². The van der Waals surface area contributed by atoms with Gasteiger partial charge in [-0.3, -0.25) is 9.36 Å². The van der Waals surface area contributed by atoms with Gasteiger partial charge in [0.05, 0.1) is 25.4 Å². The minimum Gasteiger partial charge on any atom is -0.493 e. The molecular weight excluding hydrogens is 442 g/mol. The van der Waals surface area contributed by atoms with Crippen LogP contribution in [-0.4, -0.2) is 29.7 Å². The number of hydrogen-bond acceptors (Lipinski definition) is 7. The number of nitrogens with one attached hydrogen (secondary N) is 1. The minimum atomic E-state index is -0.532. The number of hydrogen-bond donors (Lipinski definition) is 1. The van der Waals surface area contributed by atoms with Crippen LogP contribution in [0.1, 0.15) is 6.42 Å². The first kappa shape index (κ1) is 21.0. The fourth-order valence-corrected chi connectivity index (χ4v) is 4.00. The van der Waals surface area contributed by atoms with Gasteiger partial charge in [-0.15, -0.1) is 11.3 Å². The molecule has 0 unspecified atom stereocenters. The van der Waals surface area contributed by atoms with Crippen LogP contribution in [-0.2, 0) is 11.3 Å². The summed E-state index contributed by atoms with van der Waals surface area (Å²) >= 11 is 7.23. The summed E-state index contributed by atoms with van der Waals surface area (Å²) in [6.07, 6.45) is 0.0858. The average molecular weight is 460 g/mol. The van der Waals surface area contributed by atoms with Gasteiger partial charge in [0.15, 0.2) is 22.2 Å². The zero-order valence-electron chi connectivity index (χ0n) is 16.7. The summed E-state index contributed by atoms with van der Waals surface area (Å²) in [5.41, 5.74) is 2.52. The second kappa shape index (κ2) is 8.83. The van der Waals surface area contributed by atoms with E-state index in [2.05, 4.69) is 10.3 Å². The highest BCUT2D eigenvalue weighted by Crippen LogP contribution is 2.33. The molecule has 0 aliphatic heterocycles. The molecule has 2 heterocycles. The summed E-state index contributed by atoms with van der Waals surface area (Å²) in [5.74, 6) is 0.426. The second-order valence-corrected chi connectivity index (χ2v) is 7.83. The predicted molar refractivity (Wildman–Crippen MR) is 119 cm³/mol. The molecule has 31 heavy (non-hydrogen) atoms. The number of amides is 1. The van der Waals surface area contributed by atoms with Crippen molar-refractivity contribution in [1.29, 1.82) is 0 Å². The number of ether oxygens (including phenoxy) is 2.